The third-order valence-corrected chi connectivity index (χ3v) is 0.691. The standard InChI is InChI=1S/C5H12N3/c1-2-3-4-8-5(6)7/h4H,2-3H2,1H3,(H4,6,7,8). The first kappa shape index (κ1) is 7.27. The van der Waals surface area contributed by atoms with E-state index in [-0.39, 0.29) is 5.96 Å². The third-order valence-electron chi connectivity index (χ3n) is 0.691. The van der Waals surface area contributed by atoms with Gasteiger partial charge < -0.3 is 11.1 Å². The normalized spacial score (nSPS) is 8.62. The molecular formula is C5H12N3. The van der Waals surface area contributed by atoms with E-state index in [0.717, 1.165) is 12.8 Å². The van der Waals surface area contributed by atoms with Crippen molar-refractivity contribution in [1.82, 2.24) is 5.32 Å². The summed E-state index contributed by atoms with van der Waals surface area (Å²) >= 11 is 0. The number of rotatable bonds is 3. The molecule has 0 aromatic rings. The summed E-state index contributed by atoms with van der Waals surface area (Å²) < 4.78 is 0. The van der Waals surface area contributed by atoms with Gasteiger partial charge in [-0.1, -0.05) is 13.3 Å². The molecule has 0 amide bonds. The summed E-state index contributed by atoms with van der Waals surface area (Å²) in [5.41, 5.74) is 4.97. The van der Waals surface area contributed by atoms with Crippen molar-refractivity contribution in [2.45, 2.75) is 19.8 Å². The fraction of sp³-hybridized carbons (Fsp3) is 0.600. The Morgan fingerprint density at radius 2 is 2.50 bits per heavy atom. The zero-order chi connectivity index (χ0) is 6.41. The van der Waals surface area contributed by atoms with E-state index in [0.29, 0.717) is 0 Å². The van der Waals surface area contributed by atoms with Gasteiger partial charge in [-0.25, -0.2) is 0 Å². The number of hydrogen-bond donors (Lipinski definition) is 3. The lowest BCUT2D eigenvalue weighted by molar-refractivity contribution is 0.842. The Morgan fingerprint density at radius 3 is 2.88 bits per heavy atom. The van der Waals surface area contributed by atoms with Gasteiger partial charge in [0.2, 0.25) is 0 Å². The zero-order valence-electron chi connectivity index (χ0n) is 5.07. The molecule has 0 rings (SSSR count). The van der Waals surface area contributed by atoms with Gasteiger partial charge in [-0.15, -0.1) is 0 Å². The second kappa shape index (κ2) is 4.43. The van der Waals surface area contributed by atoms with Crippen LogP contribution >= 0.6 is 0 Å². The van der Waals surface area contributed by atoms with E-state index in [4.69, 9.17) is 11.1 Å². The lowest BCUT2D eigenvalue weighted by atomic mass is 10.3. The van der Waals surface area contributed by atoms with Gasteiger partial charge in [-0.3, -0.25) is 5.41 Å². The maximum Gasteiger partial charge on any atom is 0.185 e. The fourth-order valence-electron chi connectivity index (χ4n) is 0.326. The van der Waals surface area contributed by atoms with Crippen LogP contribution in [0.15, 0.2) is 0 Å². The molecule has 0 aliphatic carbocycles. The van der Waals surface area contributed by atoms with Crippen LogP contribution in [0.4, 0.5) is 0 Å². The number of hydrogen-bond acceptors (Lipinski definition) is 1. The Morgan fingerprint density at radius 1 is 1.88 bits per heavy atom. The molecule has 0 aromatic carbocycles. The van der Waals surface area contributed by atoms with E-state index in [9.17, 15) is 0 Å². The number of unbranched alkanes of at least 4 members (excludes halogenated alkanes) is 1. The first-order valence-electron chi connectivity index (χ1n) is 2.69. The molecule has 0 atom stereocenters. The predicted molar refractivity (Wildman–Crippen MR) is 34.3 cm³/mol. The zero-order valence-corrected chi connectivity index (χ0v) is 5.07. The lowest BCUT2D eigenvalue weighted by Crippen LogP contribution is -2.27. The first-order chi connectivity index (χ1) is 3.77. The summed E-state index contributed by atoms with van der Waals surface area (Å²) in [6, 6.07) is 0. The molecule has 8 heavy (non-hydrogen) atoms. The summed E-state index contributed by atoms with van der Waals surface area (Å²) in [5.74, 6) is 0.0125. The highest BCUT2D eigenvalue weighted by molar-refractivity contribution is 5.74. The van der Waals surface area contributed by atoms with Gasteiger partial charge in [0.05, 0.1) is 0 Å². The summed E-state index contributed by atoms with van der Waals surface area (Å²) in [6.07, 6.45) is 2.04. The van der Waals surface area contributed by atoms with E-state index in [2.05, 4.69) is 12.2 Å². The van der Waals surface area contributed by atoms with Crippen LogP contribution in [-0.2, 0) is 0 Å². The SMILES string of the molecule is CCC[CH]NC(=N)N. The highest BCUT2D eigenvalue weighted by atomic mass is 15.0. The summed E-state index contributed by atoms with van der Waals surface area (Å²) in [4.78, 5) is 0. The Bertz CT molecular complexity index is 70.1. The summed E-state index contributed by atoms with van der Waals surface area (Å²) in [5, 5.41) is 9.29. The van der Waals surface area contributed by atoms with E-state index >= 15 is 0 Å². The average Bonchev–Trinajstić information content (AvgIpc) is 1.66. The van der Waals surface area contributed by atoms with Crippen molar-refractivity contribution in [2.75, 3.05) is 0 Å². The van der Waals surface area contributed by atoms with Crippen molar-refractivity contribution in [3.05, 3.63) is 6.54 Å². The molecule has 47 valence electrons. The van der Waals surface area contributed by atoms with Crippen LogP contribution in [0.5, 0.6) is 0 Å². The molecule has 1 radical (unpaired) electrons. The molecule has 0 saturated carbocycles. The Hall–Kier alpha value is -0.730. The number of guanidine groups is 1. The quantitative estimate of drug-likeness (QED) is 0.283. The van der Waals surface area contributed by atoms with Crippen LogP contribution in [0, 0.1) is 12.0 Å². The summed E-state index contributed by atoms with van der Waals surface area (Å²) in [7, 11) is 0. The van der Waals surface area contributed by atoms with Crippen LogP contribution in [0.2, 0.25) is 0 Å². The minimum atomic E-state index is 0.0125. The first-order valence-corrected chi connectivity index (χ1v) is 2.69. The monoisotopic (exact) mass is 114 g/mol. The smallest absolute Gasteiger partial charge is 0.185 e. The molecular weight excluding hydrogens is 102 g/mol. The van der Waals surface area contributed by atoms with Gasteiger partial charge in [-0.2, -0.15) is 0 Å². The Kier molecular flexibility index (Phi) is 4.03. The van der Waals surface area contributed by atoms with Crippen molar-refractivity contribution in [1.29, 1.82) is 5.41 Å². The van der Waals surface area contributed by atoms with Gasteiger partial charge in [0.1, 0.15) is 0 Å². The van der Waals surface area contributed by atoms with Gasteiger partial charge in [0, 0.05) is 6.54 Å². The van der Waals surface area contributed by atoms with Crippen molar-refractivity contribution in [3.8, 4) is 0 Å². The molecule has 0 saturated heterocycles. The van der Waals surface area contributed by atoms with Gasteiger partial charge in [-0.05, 0) is 6.42 Å². The van der Waals surface area contributed by atoms with E-state index < -0.39 is 0 Å². The molecule has 4 N–H and O–H groups in total. The molecule has 0 aliphatic heterocycles. The molecule has 3 heteroatoms. The van der Waals surface area contributed by atoms with E-state index in [1.807, 2.05) is 0 Å². The molecule has 0 heterocycles. The third kappa shape index (κ3) is 5.27. The van der Waals surface area contributed by atoms with Crippen LogP contribution in [0.1, 0.15) is 19.8 Å². The lowest BCUT2D eigenvalue weighted by Gasteiger charge is -1.98. The maximum atomic E-state index is 6.71. The van der Waals surface area contributed by atoms with E-state index in [1.54, 1.807) is 6.54 Å². The Balaban J connectivity index is 2.82. The predicted octanol–water partition coefficient (Wildman–Crippen LogP) is 0.431. The molecule has 0 unspecified atom stereocenters. The molecule has 0 bridgehead atoms. The van der Waals surface area contributed by atoms with Crippen molar-refractivity contribution in [3.63, 3.8) is 0 Å². The van der Waals surface area contributed by atoms with Gasteiger partial charge >= 0.3 is 0 Å². The minimum Gasteiger partial charge on any atom is -0.370 e. The second-order valence-corrected chi connectivity index (χ2v) is 1.55. The molecule has 0 fully saturated rings. The topological polar surface area (TPSA) is 61.9 Å². The van der Waals surface area contributed by atoms with Crippen molar-refractivity contribution >= 4 is 5.96 Å². The van der Waals surface area contributed by atoms with Crippen LogP contribution in [-0.4, -0.2) is 5.96 Å². The largest absolute Gasteiger partial charge is 0.370 e. The van der Waals surface area contributed by atoms with Crippen LogP contribution in [0.25, 0.3) is 0 Å². The van der Waals surface area contributed by atoms with Crippen LogP contribution in [0.3, 0.4) is 0 Å². The highest BCUT2D eigenvalue weighted by Crippen LogP contribution is 1.85. The maximum absolute atomic E-state index is 6.71. The van der Waals surface area contributed by atoms with Crippen LogP contribution < -0.4 is 11.1 Å². The number of nitrogens with one attached hydrogen (secondary N) is 2. The highest BCUT2D eigenvalue weighted by Gasteiger charge is 1.83. The molecule has 0 aromatic heterocycles. The van der Waals surface area contributed by atoms with Crippen molar-refractivity contribution < 1.29 is 0 Å². The van der Waals surface area contributed by atoms with Gasteiger partial charge in [0.15, 0.2) is 5.96 Å². The fourth-order valence-corrected chi connectivity index (χ4v) is 0.326. The van der Waals surface area contributed by atoms with E-state index in [1.165, 1.54) is 0 Å². The van der Waals surface area contributed by atoms with Gasteiger partial charge in [0.25, 0.3) is 0 Å². The van der Waals surface area contributed by atoms with Crippen molar-refractivity contribution in [2.24, 2.45) is 5.73 Å². The molecule has 0 aliphatic rings. The molecule has 0 spiro atoms. The Labute approximate surface area is 49.8 Å². The minimum absolute atomic E-state index is 0.0125. The summed E-state index contributed by atoms with van der Waals surface area (Å²) in [6.45, 7) is 3.85. The second-order valence-electron chi connectivity index (χ2n) is 1.55. The molecule has 3 nitrogen and oxygen atoms in total. The number of nitrogens with two attached hydrogens (primary N) is 1. The average molecular weight is 114 g/mol.